The number of hydrogen-bond acceptors (Lipinski definition) is 5. The first kappa shape index (κ1) is 24.8. The summed E-state index contributed by atoms with van der Waals surface area (Å²) in [5, 5.41) is 5.21. The van der Waals surface area contributed by atoms with E-state index < -0.39 is 53.3 Å². The number of amides is 1. The minimum Gasteiger partial charge on any atom is -0.481 e. The van der Waals surface area contributed by atoms with Crippen LogP contribution in [-0.4, -0.2) is 30.8 Å². The Kier molecular flexibility index (Phi) is 6.73. The van der Waals surface area contributed by atoms with Gasteiger partial charge in [0.1, 0.15) is 11.4 Å². The third-order valence-corrected chi connectivity index (χ3v) is 5.33. The smallest absolute Gasteiger partial charge is 0.344 e. The molecule has 1 aliphatic heterocycles. The van der Waals surface area contributed by atoms with Crippen LogP contribution in [0.5, 0.6) is 5.75 Å². The van der Waals surface area contributed by atoms with E-state index in [0.29, 0.717) is 10.9 Å². The predicted octanol–water partition coefficient (Wildman–Crippen LogP) is 5.28. The normalized spacial score (nSPS) is 14.5. The Labute approximate surface area is 201 Å². The van der Waals surface area contributed by atoms with Crippen LogP contribution in [0.25, 0.3) is 16.8 Å². The monoisotopic (exact) mass is 504 g/mol. The average Bonchev–Trinajstić information content (AvgIpc) is 3.14. The highest BCUT2D eigenvalue weighted by Gasteiger charge is 2.37. The maximum absolute atomic E-state index is 14.4. The second-order valence-corrected chi connectivity index (χ2v) is 7.57. The van der Waals surface area contributed by atoms with Gasteiger partial charge < -0.3 is 9.47 Å². The van der Waals surface area contributed by atoms with Gasteiger partial charge in [-0.1, -0.05) is 30.3 Å². The van der Waals surface area contributed by atoms with E-state index in [2.05, 4.69) is 5.10 Å². The lowest BCUT2D eigenvalue weighted by Gasteiger charge is -2.15. The Hall–Kier alpha value is -4.28. The molecular weight excluding hydrogens is 487 g/mol. The van der Waals surface area contributed by atoms with E-state index in [-0.39, 0.29) is 28.7 Å². The van der Waals surface area contributed by atoms with Crippen LogP contribution in [0.4, 0.5) is 27.6 Å². The van der Waals surface area contributed by atoms with Crippen molar-refractivity contribution in [3.8, 4) is 5.75 Å². The number of hydrazone groups is 1. The Balaban J connectivity index is 1.81. The lowest BCUT2D eigenvalue weighted by atomic mass is 9.99. The standard InChI is InChI=1S/C25H17F5N2O4/c1-3-35-18(33)11-36-17-9-8-13-6-4-5-7-14(13)16(17)10-15-12(2)31-32(25(15)34)24-22(29)20(27)19(26)21(28)23(24)30/h4-10H,3,11H2,1-2H3/b15-10-. The molecule has 3 aromatic rings. The van der Waals surface area contributed by atoms with E-state index in [4.69, 9.17) is 9.47 Å². The molecule has 1 aliphatic rings. The number of anilines is 1. The number of nitrogens with zero attached hydrogens (tertiary/aromatic N) is 2. The summed E-state index contributed by atoms with van der Waals surface area (Å²) < 4.78 is 80.1. The van der Waals surface area contributed by atoms with Crippen molar-refractivity contribution >= 4 is 40.1 Å². The molecule has 0 spiro atoms. The fraction of sp³-hybridized carbons (Fsp3) is 0.160. The van der Waals surface area contributed by atoms with Gasteiger partial charge in [-0.25, -0.2) is 26.7 Å². The molecule has 3 aromatic carbocycles. The van der Waals surface area contributed by atoms with Gasteiger partial charge >= 0.3 is 5.97 Å². The first-order valence-electron chi connectivity index (χ1n) is 10.6. The summed E-state index contributed by atoms with van der Waals surface area (Å²) in [4.78, 5) is 24.9. The summed E-state index contributed by atoms with van der Waals surface area (Å²) in [6, 6.07) is 10.3. The van der Waals surface area contributed by atoms with Crippen LogP contribution in [-0.2, 0) is 14.3 Å². The summed E-state index contributed by atoms with van der Waals surface area (Å²) >= 11 is 0. The molecule has 0 N–H and O–H groups in total. The van der Waals surface area contributed by atoms with Crippen LogP contribution in [0.3, 0.4) is 0 Å². The number of carbonyl (C=O) groups excluding carboxylic acids is 2. The van der Waals surface area contributed by atoms with Gasteiger partial charge in [-0.2, -0.15) is 10.1 Å². The zero-order valence-electron chi connectivity index (χ0n) is 18.9. The van der Waals surface area contributed by atoms with Gasteiger partial charge in [0.05, 0.1) is 17.9 Å². The van der Waals surface area contributed by atoms with E-state index in [1.807, 2.05) is 0 Å². The van der Waals surface area contributed by atoms with Crippen LogP contribution >= 0.6 is 0 Å². The molecule has 0 aromatic heterocycles. The zero-order chi connectivity index (χ0) is 26.1. The molecule has 11 heteroatoms. The minimum atomic E-state index is -2.35. The summed E-state index contributed by atoms with van der Waals surface area (Å²) in [6.45, 7) is 2.68. The first-order valence-corrected chi connectivity index (χ1v) is 10.6. The van der Waals surface area contributed by atoms with Crippen molar-refractivity contribution in [1.82, 2.24) is 0 Å². The molecule has 0 atom stereocenters. The van der Waals surface area contributed by atoms with Crippen LogP contribution < -0.4 is 9.75 Å². The Morgan fingerprint density at radius 2 is 1.61 bits per heavy atom. The lowest BCUT2D eigenvalue weighted by Crippen LogP contribution is -2.25. The fourth-order valence-electron chi connectivity index (χ4n) is 3.65. The first-order chi connectivity index (χ1) is 17.1. The van der Waals surface area contributed by atoms with E-state index >= 15 is 0 Å². The van der Waals surface area contributed by atoms with Gasteiger partial charge in [0.2, 0.25) is 5.82 Å². The topological polar surface area (TPSA) is 68.2 Å². The third kappa shape index (κ3) is 4.28. The highest BCUT2D eigenvalue weighted by atomic mass is 19.2. The van der Waals surface area contributed by atoms with Crippen molar-refractivity contribution in [2.24, 2.45) is 5.10 Å². The van der Waals surface area contributed by atoms with Crippen molar-refractivity contribution < 1.29 is 41.0 Å². The molecular formula is C25H17F5N2O4. The van der Waals surface area contributed by atoms with Gasteiger partial charge in [-0.05, 0) is 36.8 Å². The van der Waals surface area contributed by atoms with Gasteiger partial charge in [0, 0.05) is 5.56 Å². The molecule has 1 amide bonds. The number of rotatable bonds is 6. The van der Waals surface area contributed by atoms with Gasteiger partial charge in [-0.3, -0.25) is 4.79 Å². The molecule has 186 valence electrons. The maximum Gasteiger partial charge on any atom is 0.344 e. The SMILES string of the molecule is CCOC(=O)COc1ccc2ccccc2c1/C=C1\C(=O)N(c2c(F)c(F)c(F)c(F)c2F)N=C1C. The number of ether oxygens (including phenoxy) is 2. The van der Waals surface area contributed by atoms with E-state index in [1.165, 1.54) is 13.0 Å². The second-order valence-electron chi connectivity index (χ2n) is 7.57. The number of esters is 1. The lowest BCUT2D eigenvalue weighted by molar-refractivity contribution is -0.145. The molecule has 0 saturated heterocycles. The molecule has 1 heterocycles. The number of halogens is 5. The van der Waals surface area contributed by atoms with Gasteiger partial charge in [-0.15, -0.1) is 0 Å². The molecule has 4 rings (SSSR count). The van der Waals surface area contributed by atoms with E-state index in [9.17, 15) is 31.5 Å². The molecule has 0 bridgehead atoms. The zero-order valence-corrected chi connectivity index (χ0v) is 18.9. The Morgan fingerprint density at radius 3 is 2.28 bits per heavy atom. The summed E-state index contributed by atoms with van der Waals surface area (Å²) in [5.41, 5.74) is -1.39. The van der Waals surface area contributed by atoms with E-state index in [0.717, 1.165) is 5.39 Å². The molecule has 0 aliphatic carbocycles. The van der Waals surface area contributed by atoms with Crippen LogP contribution in [0.1, 0.15) is 19.4 Å². The molecule has 0 radical (unpaired) electrons. The van der Waals surface area contributed by atoms with Gasteiger partial charge in [0.25, 0.3) is 5.91 Å². The molecule has 0 fully saturated rings. The number of fused-ring (bicyclic) bond motifs is 1. The quantitative estimate of drug-likeness (QED) is 0.151. The van der Waals surface area contributed by atoms with Crippen molar-refractivity contribution in [2.45, 2.75) is 13.8 Å². The molecule has 36 heavy (non-hydrogen) atoms. The van der Waals surface area contributed by atoms with E-state index in [1.54, 1.807) is 43.3 Å². The Bertz CT molecular complexity index is 1440. The van der Waals surface area contributed by atoms with Crippen LogP contribution in [0.2, 0.25) is 0 Å². The largest absolute Gasteiger partial charge is 0.481 e. The number of carbonyl (C=O) groups is 2. The van der Waals surface area contributed by atoms with Crippen molar-refractivity contribution in [3.05, 3.63) is 76.6 Å². The third-order valence-electron chi connectivity index (χ3n) is 5.33. The van der Waals surface area contributed by atoms with Crippen molar-refractivity contribution in [2.75, 3.05) is 18.2 Å². The van der Waals surface area contributed by atoms with Crippen LogP contribution in [0.15, 0.2) is 47.1 Å². The molecule has 6 nitrogen and oxygen atoms in total. The number of benzene rings is 3. The van der Waals surface area contributed by atoms with Crippen LogP contribution in [0, 0.1) is 29.1 Å². The summed E-state index contributed by atoms with van der Waals surface area (Å²) in [5.74, 6) is -12.7. The molecule has 0 saturated carbocycles. The van der Waals surface area contributed by atoms with Crippen molar-refractivity contribution in [3.63, 3.8) is 0 Å². The summed E-state index contributed by atoms with van der Waals surface area (Å²) in [6.07, 6.45) is 1.32. The summed E-state index contributed by atoms with van der Waals surface area (Å²) in [7, 11) is 0. The Morgan fingerprint density at radius 1 is 0.972 bits per heavy atom. The fourth-order valence-corrected chi connectivity index (χ4v) is 3.65. The van der Waals surface area contributed by atoms with Gasteiger partial charge in [0.15, 0.2) is 29.9 Å². The second kappa shape index (κ2) is 9.76. The van der Waals surface area contributed by atoms with Crippen molar-refractivity contribution in [1.29, 1.82) is 0 Å². The minimum absolute atomic E-state index is 0.0479. The predicted molar refractivity (Wildman–Crippen MR) is 121 cm³/mol. The number of hydrogen-bond donors (Lipinski definition) is 0. The highest BCUT2D eigenvalue weighted by Crippen LogP contribution is 2.36. The average molecular weight is 504 g/mol. The highest BCUT2D eigenvalue weighted by molar-refractivity contribution is 6.32. The maximum atomic E-state index is 14.4. The molecule has 0 unspecified atom stereocenters.